The molecule has 0 bridgehead atoms. The van der Waals surface area contributed by atoms with Crippen molar-refractivity contribution in [3.05, 3.63) is 34.9 Å². The standard InChI is InChI=1S/C14H16N6/c1-7-13(8(2)16-15-7)11-5-6-12(20-19-11)14-9(3)17-18-10(14)4/h5-6H,1-4H3,(H,15,16)(H,17,18). The number of rotatable bonds is 2. The van der Waals surface area contributed by atoms with E-state index in [2.05, 4.69) is 30.6 Å². The second-order valence-corrected chi connectivity index (χ2v) is 4.92. The largest absolute Gasteiger partial charge is 0.282 e. The molecule has 0 aliphatic heterocycles. The van der Waals surface area contributed by atoms with Gasteiger partial charge in [-0.2, -0.15) is 10.2 Å². The van der Waals surface area contributed by atoms with Crippen molar-refractivity contribution in [3.8, 4) is 22.5 Å². The SMILES string of the molecule is Cc1n[nH]c(C)c1-c1ccc(-c2c(C)n[nH]c2C)nn1. The number of nitrogens with zero attached hydrogens (tertiary/aromatic N) is 4. The first kappa shape index (κ1) is 12.5. The van der Waals surface area contributed by atoms with Crippen molar-refractivity contribution in [1.29, 1.82) is 0 Å². The molecule has 3 aromatic heterocycles. The van der Waals surface area contributed by atoms with E-state index in [9.17, 15) is 0 Å². The molecule has 0 radical (unpaired) electrons. The van der Waals surface area contributed by atoms with E-state index in [1.54, 1.807) is 0 Å². The summed E-state index contributed by atoms with van der Waals surface area (Å²) in [6.07, 6.45) is 0. The summed E-state index contributed by atoms with van der Waals surface area (Å²) in [4.78, 5) is 0. The van der Waals surface area contributed by atoms with Crippen LogP contribution in [0.25, 0.3) is 22.5 Å². The van der Waals surface area contributed by atoms with Gasteiger partial charge in [-0.3, -0.25) is 10.2 Å². The van der Waals surface area contributed by atoms with Gasteiger partial charge in [0.2, 0.25) is 0 Å². The molecule has 6 heteroatoms. The summed E-state index contributed by atoms with van der Waals surface area (Å²) in [6, 6.07) is 3.94. The first-order valence-corrected chi connectivity index (χ1v) is 6.45. The Bertz CT molecular complexity index is 646. The van der Waals surface area contributed by atoms with Gasteiger partial charge in [0.15, 0.2) is 0 Å². The summed E-state index contributed by atoms with van der Waals surface area (Å²) in [5.74, 6) is 0. The van der Waals surface area contributed by atoms with E-state index in [0.717, 1.165) is 45.3 Å². The Kier molecular flexibility index (Phi) is 2.85. The normalized spacial score (nSPS) is 11.0. The smallest absolute Gasteiger partial charge is 0.0967 e. The van der Waals surface area contributed by atoms with Crippen molar-refractivity contribution in [2.45, 2.75) is 27.7 Å². The lowest BCUT2D eigenvalue weighted by Crippen LogP contribution is -1.93. The molecule has 6 nitrogen and oxygen atoms in total. The molecule has 102 valence electrons. The van der Waals surface area contributed by atoms with Gasteiger partial charge in [0.1, 0.15) is 0 Å². The molecule has 3 heterocycles. The fourth-order valence-corrected chi connectivity index (χ4v) is 2.46. The van der Waals surface area contributed by atoms with Crippen molar-refractivity contribution in [2.24, 2.45) is 0 Å². The van der Waals surface area contributed by atoms with Crippen molar-refractivity contribution in [3.63, 3.8) is 0 Å². The van der Waals surface area contributed by atoms with Crippen LogP contribution in [0.3, 0.4) is 0 Å². The molecule has 0 aliphatic carbocycles. The van der Waals surface area contributed by atoms with Crippen LogP contribution in [-0.4, -0.2) is 30.6 Å². The molecule has 0 fully saturated rings. The van der Waals surface area contributed by atoms with Gasteiger partial charge in [-0.05, 0) is 39.8 Å². The van der Waals surface area contributed by atoms with Crippen LogP contribution < -0.4 is 0 Å². The molecule has 0 saturated carbocycles. The van der Waals surface area contributed by atoms with E-state index in [1.165, 1.54) is 0 Å². The Morgan fingerprint density at radius 3 is 1.35 bits per heavy atom. The highest BCUT2D eigenvalue weighted by Crippen LogP contribution is 2.26. The summed E-state index contributed by atoms with van der Waals surface area (Å²) in [5.41, 5.74) is 7.56. The molecule has 0 aliphatic rings. The summed E-state index contributed by atoms with van der Waals surface area (Å²) < 4.78 is 0. The predicted octanol–water partition coefficient (Wildman–Crippen LogP) is 2.49. The molecular formula is C14H16N6. The highest BCUT2D eigenvalue weighted by Gasteiger charge is 2.14. The number of aromatic nitrogens is 6. The van der Waals surface area contributed by atoms with Gasteiger partial charge in [-0.25, -0.2) is 0 Å². The molecule has 0 atom stereocenters. The van der Waals surface area contributed by atoms with Gasteiger partial charge >= 0.3 is 0 Å². The van der Waals surface area contributed by atoms with E-state index in [-0.39, 0.29) is 0 Å². The molecule has 3 rings (SSSR count). The van der Waals surface area contributed by atoms with Crippen molar-refractivity contribution >= 4 is 0 Å². The quantitative estimate of drug-likeness (QED) is 0.748. The minimum Gasteiger partial charge on any atom is -0.282 e. The minimum absolute atomic E-state index is 0.830. The fourth-order valence-electron chi connectivity index (χ4n) is 2.46. The van der Waals surface area contributed by atoms with Gasteiger partial charge in [0.25, 0.3) is 0 Å². The highest BCUT2D eigenvalue weighted by molar-refractivity contribution is 5.68. The van der Waals surface area contributed by atoms with Gasteiger partial charge in [0, 0.05) is 22.5 Å². The van der Waals surface area contributed by atoms with Crippen molar-refractivity contribution in [2.75, 3.05) is 0 Å². The van der Waals surface area contributed by atoms with E-state index in [4.69, 9.17) is 0 Å². The second-order valence-electron chi connectivity index (χ2n) is 4.92. The van der Waals surface area contributed by atoms with E-state index < -0.39 is 0 Å². The molecule has 3 aromatic rings. The zero-order valence-electron chi connectivity index (χ0n) is 11.9. The Balaban J connectivity index is 2.05. The zero-order valence-corrected chi connectivity index (χ0v) is 11.9. The van der Waals surface area contributed by atoms with Crippen LogP contribution in [0, 0.1) is 27.7 Å². The molecule has 0 spiro atoms. The van der Waals surface area contributed by atoms with E-state index >= 15 is 0 Å². The third-order valence-corrected chi connectivity index (χ3v) is 3.43. The number of H-pyrrole nitrogens is 2. The maximum absolute atomic E-state index is 4.33. The lowest BCUT2D eigenvalue weighted by molar-refractivity contribution is 1.02. The molecule has 2 N–H and O–H groups in total. The van der Waals surface area contributed by atoms with Gasteiger partial charge in [-0.15, -0.1) is 10.2 Å². The summed E-state index contributed by atoms with van der Waals surface area (Å²) in [6.45, 7) is 7.88. The number of hydrogen-bond acceptors (Lipinski definition) is 4. The fraction of sp³-hybridized carbons (Fsp3) is 0.286. The summed E-state index contributed by atoms with van der Waals surface area (Å²) in [5, 5.41) is 23.0. The number of aryl methyl sites for hydroxylation is 4. The number of hydrogen-bond donors (Lipinski definition) is 2. The monoisotopic (exact) mass is 268 g/mol. The van der Waals surface area contributed by atoms with Crippen LogP contribution >= 0.6 is 0 Å². The Hall–Kier alpha value is -2.50. The van der Waals surface area contributed by atoms with Gasteiger partial charge in [-0.1, -0.05) is 0 Å². The lowest BCUT2D eigenvalue weighted by atomic mass is 10.1. The van der Waals surface area contributed by atoms with Crippen LogP contribution in [0.5, 0.6) is 0 Å². The van der Waals surface area contributed by atoms with Crippen LogP contribution in [0.1, 0.15) is 22.8 Å². The van der Waals surface area contributed by atoms with Crippen LogP contribution in [0.15, 0.2) is 12.1 Å². The maximum atomic E-state index is 4.33. The van der Waals surface area contributed by atoms with Crippen LogP contribution in [0.2, 0.25) is 0 Å². The van der Waals surface area contributed by atoms with E-state index in [0.29, 0.717) is 0 Å². The zero-order chi connectivity index (χ0) is 14.3. The van der Waals surface area contributed by atoms with Crippen molar-refractivity contribution < 1.29 is 0 Å². The average Bonchev–Trinajstić information content (AvgIpc) is 2.94. The maximum Gasteiger partial charge on any atom is 0.0967 e. The first-order valence-electron chi connectivity index (χ1n) is 6.45. The van der Waals surface area contributed by atoms with Crippen LogP contribution in [0.4, 0.5) is 0 Å². The second kappa shape index (κ2) is 4.56. The topological polar surface area (TPSA) is 83.1 Å². The molecule has 0 amide bonds. The molecule has 20 heavy (non-hydrogen) atoms. The third kappa shape index (κ3) is 1.89. The Morgan fingerprint density at radius 1 is 0.700 bits per heavy atom. The van der Waals surface area contributed by atoms with Crippen molar-refractivity contribution in [1.82, 2.24) is 30.6 Å². The average molecular weight is 268 g/mol. The number of nitrogens with one attached hydrogen (secondary N) is 2. The molecule has 0 aromatic carbocycles. The third-order valence-electron chi connectivity index (χ3n) is 3.43. The number of aromatic amines is 2. The molecule has 0 unspecified atom stereocenters. The van der Waals surface area contributed by atoms with Gasteiger partial charge in [0.05, 0.1) is 22.8 Å². The predicted molar refractivity (Wildman–Crippen MR) is 76.1 cm³/mol. The molecule has 0 saturated heterocycles. The summed E-state index contributed by atoms with van der Waals surface area (Å²) >= 11 is 0. The van der Waals surface area contributed by atoms with Gasteiger partial charge < -0.3 is 0 Å². The highest BCUT2D eigenvalue weighted by atomic mass is 15.2. The molecular weight excluding hydrogens is 252 g/mol. The minimum atomic E-state index is 0.830. The lowest BCUT2D eigenvalue weighted by Gasteiger charge is -2.03. The Labute approximate surface area is 116 Å². The Morgan fingerprint density at radius 2 is 1.10 bits per heavy atom. The van der Waals surface area contributed by atoms with Crippen LogP contribution in [-0.2, 0) is 0 Å². The summed E-state index contributed by atoms with van der Waals surface area (Å²) in [7, 11) is 0. The first-order chi connectivity index (χ1) is 9.58. The van der Waals surface area contributed by atoms with E-state index in [1.807, 2.05) is 39.8 Å².